The molecule has 0 fully saturated rings. The number of nitrogens with zero attached hydrogens (tertiary/aromatic N) is 5. The van der Waals surface area contributed by atoms with E-state index >= 15 is 0 Å². The van der Waals surface area contributed by atoms with Gasteiger partial charge in [0.1, 0.15) is 11.2 Å². The van der Waals surface area contributed by atoms with Crippen LogP contribution in [-0.2, 0) is 0 Å². The van der Waals surface area contributed by atoms with Crippen molar-refractivity contribution in [2.45, 2.75) is 0 Å². The largest absolute Gasteiger partial charge is 0.455 e. The average Bonchev–Trinajstić information content (AvgIpc) is 4.12. The van der Waals surface area contributed by atoms with Gasteiger partial charge in [-0.25, -0.2) is 15.0 Å². The first-order valence-corrected chi connectivity index (χ1v) is 24.8. The molecule has 6 nitrogen and oxygen atoms in total. The number of fused-ring (bicyclic) bond motifs is 15. The van der Waals surface area contributed by atoms with Crippen LogP contribution in [0.5, 0.6) is 0 Å². The molecule has 16 rings (SSSR count). The lowest BCUT2D eigenvalue weighted by Gasteiger charge is -2.12. The highest BCUT2D eigenvalue weighted by Gasteiger charge is 2.24. The van der Waals surface area contributed by atoms with Gasteiger partial charge in [-0.2, -0.15) is 0 Å². The number of rotatable bonds is 5. The van der Waals surface area contributed by atoms with Gasteiger partial charge >= 0.3 is 0 Å². The topological polar surface area (TPSA) is 61.7 Å². The summed E-state index contributed by atoms with van der Waals surface area (Å²) in [6, 6.07) is 84.4. The second-order valence-electron chi connectivity index (χ2n) is 19.1. The Morgan fingerprint density at radius 3 is 1.67 bits per heavy atom. The second-order valence-corrected chi connectivity index (χ2v) is 19.1. The first-order valence-electron chi connectivity index (χ1n) is 24.8. The normalized spacial score (nSPS) is 12.1. The maximum absolute atomic E-state index is 7.04. The summed E-state index contributed by atoms with van der Waals surface area (Å²) in [5.41, 5.74) is 10.9. The summed E-state index contributed by atoms with van der Waals surface area (Å²) in [5.74, 6) is 1.72. The zero-order chi connectivity index (χ0) is 47.7. The molecule has 6 heteroatoms. The van der Waals surface area contributed by atoms with Gasteiger partial charge in [-0.05, 0) is 110 Å². The first kappa shape index (κ1) is 39.9. The Bertz CT molecular complexity index is 4980. The summed E-state index contributed by atoms with van der Waals surface area (Å²) in [4.78, 5) is 16.2. The van der Waals surface area contributed by atoms with E-state index in [9.17, 15) is 0 Å². The molecular weight excluding hydrogens is 891 g/mol. The van der Waals surface area contributed by atoms with Crippen molar-refractivity contribution in [1.82, 2.24) is 24.1 Å². The monoisotopic (exact) mass is 929 g/mol. The zero-order valence-electron chi connectivity index (χ0n) is 39.2. The van der Waals surface area contributed by atoms with E-state index in [1.807, 2.05) is 0 Å². The third-order valence-electron chi connectivity index (χ3n) is 15.1. The third kappa shape index (κ3) is 5.89. The van der Waals surface area contributed by atoms with E-state index < -0.39 is 0 Å². The number of furan rings is 1. The second kappa shape index (κ2) is 15.3. The molecule has 0 spiro atoms. The standard InChI is InChI=1S/C67H39N5O/c1-2-20-45(21-3-1)71-56-29-11-10-24-50(56)62-52(27-14-30-57(62)71)66-68-65(49-25-12-19-40-15-6-8-22-47(40)49)69-67(70-66)53-28-13-26-51-63-54-39-46(34-31-42(54)33-36-60(63)73-64(51)53)72-58-35-32-41-16-7-9-23-48(41)61(58)55-37-43-17-4-5-18-44(43)38-59(55)72/h1-39H. The average molecular weight is 930 g/mol. The molecule has 0 N–H and O–H groups in total. The fraction of sp³-hybridized carbons (Fsp3) is 0. The first-order chi connectivity index (χ1) is 36.2. The van der Waals surface area contributed by atoms with Crippen LogP contribution >= 0.6 is 0 Å². The highest BCUT2D eigenvalue weighted by Crippen LogP contribution is 2.44. The van der Waals surface area contributed by atoms with Crippen LogP contribution in [0.25, 0.3) is 154 Å². The van der Waals surface area contributed by atoms with Crippen LogP contribution in [0.15, 0.2) is 241 Å². The van der Waals surface area contributed by atoms with Crippen molar-refractivity contribution >= 4 is 109 Å². The lowest BCUT2D eigenvalue weighted by molar-refractivity contribution is 0.670. The van der Waals surface area contributed by atoms with Crippen LogP contribution in [0, 0.1) is 0 Å². The van der Waals surface area contributed by atoms with Crippen molar-refractivity contribution in [3.8, 4) is 45.5 Å². The van der Waals surface area contributed by atoms with E-state index in [4.69, 9.17) is 19.4 Å². The van der Waals surface area contributed by atoms with Crippen LogP contribution < -0.4 is 0 Å². The van der Waals surface area contributed by atoms with Gasteiger partial charge in [-0.3, -0.25) is 0 Å². The van der Waals surface area contributed by atoms with Crippen molar-refractivity contribution in [2.24, 2.45) is 0 Å². The summed E-state index contributed by atoms with van der Waals surface area (Å²) in [6.07, 6.45) is 0. The van der Waals surface area contributed by atoms with Gasteiger partial charge in [-0.1, -0.05) is 170 Å². The summed E-state index contributed by atoms with van der Waals surface area (Å²) in [5, 5.41) is 16.1. The van der Waals surface area contributed by atoms with Crippen molar-refractivity contribution < 1.29 is 4.42 Å². The van der Waals surface area contributed by atoms with Crippen LogP contribution in [0.2, 0.25) is 0 Å². The number of benzene rings is 12. The van der Waals surface area contributed by atoms with Crippen LogP contribution in [0.1, 0.15) is 0 Å². The molecule has 0 saturated carbocycles. The lowest BCUT2D eigenvalue weighted by Crippen LogP contribution is -2.01. The van der Waals surface area contributed by atoms with E-state index in [1.165, 1.54) is 43.4 Å². The molecule has 73 heavy (non-hydrogen) atoms. The maximum Gasteiger partial charge on any atom is 0.167 e. The molecule has 4 heterocycles. The van der Waals surface area contributed by atoms with E-state index in [2.05, 4.69) is 246 Å². The quantitative estimate of drug-likeness (QED) is 0.173. The van der Waals surface area contributed by atoms with E-state index in [-0.39, 0.29) is 0 Å². The molecule has 0 unspecified atom stereocenters. The van der Waals surface area contributed by atoms with Crippen molar-refractivity contribution in [3.63, 3.8) is 0 Å². The Morgan fingerprint density at radius 2 is 0.822 bits per heavy atom. The molecule has 0 radical (unpaired) electrons. The summed E-state index contributed by atoms with van der Waals surface area (Å²) < 4.78 is 11.8. The molecule has 16 aromatic rings. The smallest absolute Gasteiger partial charge is 0.167 e. The number of para-hydroxylation sites is 3. The Labute approximate surface area is 417 Å². The lowest BCUT2D eigenvalue weighted by atomic mass is 10.0. The molecule has 4 aromatic heterocycles. The fourth-order valence-electron chi connectivity index (χ4n) is 11.9. The Hall–Kier alpha value is -9.91. The molecule has 0 atom stereocenters. The van der Waals surface area contributed by atoms with Gasteiger partial charge in [0.05, 0.1) is 27.6 Å². The van der Waals surface area contributed by atoms with Crippen molar-refractivity contribution in [1.29, 1.82) is 0 Å². The molecule has 0 aliphatic carbocycles. The zero-order valence-corrected chi connectivity index (χ0v) is 39.2. The molecule has 0 amide bonds. The number of hydrogen-bond acceptors (Lipinski definition) is 4. The molecule has 0 aliphatic rings. The highest BCUT2D eigenvalue weighted by molar-refractivity contribution is 6.25. The van der Waals surface area contributed by atoms with Crippen molar-refractivity contribution in [2.75, 3.05) is 0 Å². The number of hydrogen-bond donors (Lipinski definition) is 0. The SMILES string of the molecule is c1ccc(-n2c3ccccc3c3c(-c4nc(-c5cccc6ccccc56)nc(-c5cccc6c5oc5ccc7ccc(-n8c9cc%10ccccc%10cc9c9c%10ccccc%10ccc98)cc7c56)n4)cccc32)cc1. The van der Waals surface area contributed by atoms with Crippen molar-refractivity contribution in [3.05, 3.63) is 237 Å². The Balaban J connectivity index is 0.940. The van der Waals surface area contributed by atoms with Crippen LogP contribution in [0.3, 0.4) is 0 Å². The van der Waals surface area contributed by atoms with Gasteiger partial charge in [0.25, 0.3) is 0 Å². The molecule has 0 aliphatic heterocycles. The van der Waals surface area contributed by atoms with Crippen LogP contribution in [-0.4, -0.2) is 24.1 Å². The highest BCUT2D eigenvalue weighted by atomic mass is 16.3. The van der Waals surface area contributed by atoms with Gasteiger partial charge in [0, 0.05) is 54.8 Å². The minimum absolute atomic E-state index is 0.538. The molecule has 12 aromatic carbocycles. The fourth-order valence-corrected chi connectivity index (χ4v) is 11.9. The molecule has 0 saturated heterocycles. The van der Waals surface area contributed by atoms with E-state index in [0.717, 1.165) is 93.4 Å². The predicted octanol–water partition coefficient (Wildman–Crippen LogP) is 17.6. The number of aromatic nitrogens is 5. The minimum atomic E-state index is 0.538. The molecular formula is C67H39N5O. The van der Waals surface area contributed by atoms with Crippen LogP contribution in [0.4, 0.5) is 0 Å². The maximum atomic E-state index is 7.04. The Morgan fingerprint density at radius 1 is 0.274 bits per heavy atom. The van der Waals surface area contributed by atoms with Gasteiger partial charge in [0.15, 0.2) is 17.5 Å². The Kier molecular flexibility index (Phi) is 8.36. The summed E-state index contributed by atoms with van der Waals surface area (Å²) in [7, 11) is 0. The minimum Gasteiger partial charge on any atom is -0.455 e. The third-order valence-corrected chi connectivity index (χ3v) is 15.1. The van der Waals surface area contributed by atoms with Gasteiger partial charge < -0.3 is 13.6 Å². The predicted molar refractivity (Wildman–Crippen MR) is 302 cm³/mol. The van der Waals surface area contributed by atoms with E-state index in [0.29, 0.717) is 17.5 Å². The summed E-state index contributed by atoms with van der Waals surface area (Å²) in [6.45, 7) is 0. The van der Waals surface area contributed by atoms with E-state index in [1.54, 1.807) is 0 Å². The van der Waals surface area contributed by atoms with Gasteiger partial charge in [0.2, 0.25) is 0 Å². The molecule has 338 valence electrons. The molecule has 0 bridgehead atoms. The summed E-state index contributed by atoms with van der Waals surface area (Å²) >= 11 is 0. The van der Waals surface area contributed by atoms with Gasteiger partial charge in [-0.15, -0.1) is 0 Å².